The predicted molar refractivity (Wildman–Crippen MR) is 108 cm³/mol. The van der Waals surface area contributed by atoms with Crippen molar-refractivity contribution in [2.45, 2.75) is 45.9 Å². The van der Waals surface area contributed by atoms with Gasteiger partial charge in [-0.15, -0.1) is 0 Å². The number of fused-ring (bicyclic) bond motifs is 1. The van der Waals surface area contributed by atoms with E-state index in [0.29, 0.717) is 22.4 Å². The number of nitrogens with one attached hydrogen (secondary N) is 1. The Kier molecular flexibility index (Phi) is 5.87. The summed E-state index contributed by atoms with van der Waals surface area (Å²) in [6.07, 6.45) is -5.25. The van der Waals surface area contributed by atoms with Crippen LogP contribution in [0.4, 0.5) is 18.9 Å². The summed E-state index contributed by atoms with van der Waals surface area (Å²) in [4.78, 5) is 24.4. The summed E-state index contributed by atoms with van der Waals surface area (Å²) in [7, 11) is 0. The second-order valence-electron chi connectivity index (χ2n) is 8.47. The van der Waals surface area contributed by atoms with Crippen LogP contribution in [0.1, 0.15) is 38.3 Å². The van der Waals surface area contributed by atoms with Crippen LogP contribution in [0.5, 0.6) is 0 Å². The third-order valence-electron chi connectivity index (χ3n) is 4.61. The van der Waals surface area contributed by atoms with Gasteiger partial charge in [-0.2, -0.15) is 13.2 Å². The molecule has 0 bridgehead atoms. The van der Waals surface area contributed by atoms with Crippen LogP contribution in [-0.2, 0) is 26.9 Å². The molecular formula is C22H21ClF3NO3. The molecular weight excluding hydrogens is 419 g/mol. The van der Waals surface area contributed by atoms with E-state index in [9.17, 15) is 22.8 Å². The molecule has 1 aliphatic rings. The van der Waals surface area contributed by atoms with Crippen LogP contribution in [0.3, 0.4) is 0 Å². The smallest absolute Gasteiger partial charge is 0.417 e. The summed E-state index contributed by atoms with van der Waals surface area (Å²) in [5.74, 6) is -0.905. The molecule has 8 heteroatoms. The third kappa shape index (κ3) is 5.14. The van der Waals surface area contributed by atoms with Crippen LogP contribution >= 0.6 is 11.6 Å². The third-order valence-corrected chi connectivity index (χ3v) is 4.94. The molecule has 0 spiro atoms. The molecule has 0 saturated heterocycles. The van der Waals surface area contributed by atoms with Crippen molar-refractivity contribution in [3.8, 4) is 11.1 Å². The highest BCUT2D eigenvalue weighted by Gasteiger charge is 2.34. The average Bonchev–Trinajstić information content (AvgIpc) is 2.60. The summed E-state index contributed by atoms with van der Waals surface area (Å²) in [6, 6.07) is 8.63. The SMILES string of the molecule is CC(C)(C)CC(=O)OC1Cc2cc(-c3ccc(Cl)c(C(F)(F)F)c3)ccc2NC1=O. The van der Waals surface area contributed by atoms with E-state index in [1.54, 1.807) is 18.2 Å². The van der Waals surface area contributed by atoms with Crippen molar-refractivity contribution in [2.75, 3.05) is 5.32 Å². The lowest BCUT2D eigenvalue weighted by atomic mass is 9.92. The standard InChI is InChI=1S/C22H21ClF3NO3/c1-21(2,3)11-19(28)30-18-10-14-8-12(5-7-17(14)27-20(18)29)13-4-6-16(23)15(9-13)22(24,25)26/h4-9,18H,10-11H2,1-3H3,(H,27,29). The molecule has 1 heterocycles. The molecule has 0 aromatic heterocycles. The van der Waals surface area contributed by atoms with Gasteiger partial charge in [-0.3, -0.25) is 9.59 Å². The van der Waals surface area contributed by atoms with Gasteiger partial charge in [0.15, 0.2) is 6.10 Å². The van der Waals surface area contributed by atoms with Crippen LogP contribution in [-0.4, -0.2) is 18.0 Å². The Labute approximate surface area is 177 Å². The fourth-order valence-electron chi connectivity index (χ4n) is 3.22. The van der Waals surface area contributed by atoms with Crippen molar-refractivity contribution in [3.05, 3.63) is 52.5 Å². The summed E-state index contributed by atoms with van der Waals surface area (Å²) in [5, 5.41) is 2.31. The van der Waals surface area contributed by atoms with Gasteiger partial charge in [0.1, 0.15) is 0 Å². The molecule has 3 rings (SSSR count). The normalized spacial score (nSPS) is 16.6. The Bertz CT molecular complexity index is 996. The molecule has 30 heavy (non-hydrogen) atoms. The summed E-state index contributed by atoms with van der Waals surface area (Å²) >= 11 is 5.70. The minimum absolute atomic E-state index is 0.143. The zero-order valence-electron chi connectivity index (χ0n) is 16.7. The first-order chi connectivity index (χ1) is 13.8. The lowest BCUT2D eigenvalue weighted by molar-refractivity contribution is -0.156. The molecule has 1 unspecified atom stereocenters. The maximum absolute atomic E-state index is 13.2. The van der Waals surface area contributed by atoms with Gasteiger partial charge >= 0.3 is 12.1 Å². The Morgan fingerprint density at radius 2 is 1.77 bits per heavy atom. The summed E-state index contributed by atoms with van der Waals surface area (Å²) in [5.41, 5.74) is 0.889. The number of alkyl halides is 3. The maximum atomic E-state index is 13.2. The number of anilines is 1. The van der Waals surface area contributed by atoms with E-state index >= 15 is 0 Å². The first-order valence-electron chi connectivity index (χ1n) is 9.34. The lowest BCUT2D eigenvalue weighted by Gasteiger charge is -2.26. The highest BCUT2D eigenvalue weighted by atomic mass is 35.5. The van der Waals surface area contributed by atoms with Crippen LogP contribution in [0.25, 0.3) is 11.1 Å². The van der Waals surface area contributed by atoms with Crippen LogP contribution in [0, 0.1) is 5.41 Å². The van der Waals surface area contributed by atoms with Crippen molar-refractivity contribution in [3.63, 3.8) is 0 Å². The highest BCUT2D eigenvalue weighted by molar-refractivity contribution is 6.31. The number of carbonyl (C=O) groups excluding carboxylic acids is 2. The molecule has 1 amide bonds. The molecule has 1 atom stereocenters. The highest BCUT2D eigenvalue weighted by Crippen LogP contribution is 2.38. The van der Waals surface area contributed by atoms with Gasteiger partial charge in [0.25, 0.3) is 5.91 Å². The van der Waals surface area contributed by atoms with Gasteiger partial charge in [-0.1, -0.05) is 44.5 Å². The number of carbonyl (C=O) groups is 2. The molecule has 0 radical (unpaired) electrons. The van der Waals surface area contributed by atoms with Crippen molar-refractivity contribution in [2.24, 2.45) is 5.41 Å². The van der Waals surface area contributed by atoms with Crippen molar-refractivity contribution in [1.29, 1.82) is 0 Å². The lowest BCUT2D eigenvalue weighted by Crippen LogP contribution is -2.38. The number of ether oxygens (including phenoxy) is 1. The molecule has 0 aliphatic carbocycles. The molecule has 1 N–H and O–H groups in total. The molecule has 0 saturated carbocycles. The minimum Gasteiger partial charge on any atom is -0.452 e. The van der Waals surface area contributed by atoms with Crippen LogP contribution in [0.15, 0.2) is 36.4 Å². The fourth-order valence-corrected chi connectivity index (χ4v) is 3.45. The maximum Gasteiger partial charge on any atom is 0.417 e. The summed E-state index contributed by atoms with van der Waals surface area (Å²) in [6.45, 7) is 5.66. The van der Waals surface area contributed by atoms with Gasteiger partial charge in [-0.25, -0.2) is 0 Å². The second-order valence-corrected chi connectivity index (χ2v) is 8.88. The second kappa shape index (κ2) is 7.95. The Morgan fingerprint density at radius 1 is 1.13 bits per heavy atom. The first-order valence-corrected chi connectivity index (χ1v) is 9.72. The fraction of sp³-hybridized carbons (Fsp3) is 0.364. The monoisotopic (exact) mass is 439 g/mol. The topological polar surface area (TPSA) is 55.4 Å². The van der Waals surface area contributed by atoms with Gasteiger partial charge in [0, 0.05) is 12.1 Å². The number of hydrogen-bond donors (Lipinski definition) is 1. The molecule has 4 nitrogen and oxygen atoms in total. The van der Waals surface area contributed by atoms with Gasteiger partial charge in [-0.05, 0) is 46.4 Å². The molecule has 160 valence electrons. The quantitative estimate of drug-likeness (QED) is 0.608. The number of esters is 1. The van der Waals surface area contributed by atoms with Gasteiger partial charge < -0.3 is 10.1 Å². The molecule has 1 aliphatic heterocycles. The average molecular weight is 440 g/mol. The summed E-state index contributed by atoms with van der Waals surface area (Å²) < 4.78 is 44.9. The number of amides is 1. The van der Waals surface area contributed by atoms with E-state index in [1.165, 1.54) is 12.1 Å². The van der Waals surface area contributed by atoms with Gasteiger partial charge in [0.2, 0.25) is 0 Å². The van der Waals surface area contributed by atoms with E-state index in [0.717, 1.165) is 6.07 Å². The van der Waals surface area contributed by atoms with E-state index < -0.39 is 29.7 Å². The number of hydrogen-bond acceptors (Lipinski definition) is 3. The van der Waals surface area contributed by atoms with Crippen molar-refractivity contribution >= 4 is 29.2 Å². The van der Waals surface area contributed by atoms with Gasteiger partial charge in [0.05, 0.1) is 17.0 Å². The molecule has 2 aromatic carbocycles. The van der Waals surface area contributed by atoms with Crippen LogP contribution in [0.2, 0.25) is 5.02 Å². The first kappa shape index (κ1) is 22.2. The largest absolute Gasteiger partial charge is 0.452 e. The van der Waals surface area contributed by atoms with E-state index in [-0.39, 0.29) is 23.3 Å². The Hall–Kier alpha value is -2.54. The minimum atomic E-state index is -4.57. The Morgan fingerprint density at radius 3 is 2.40 bits per heavy atom. The Balaban J connectivity index is 1.86. The van der Waals surface area contributed by atoms with E-state index in [2.05, 4.69) is 5.32 Å². The number of rotatable bonds is 3. The molecule has 2 aromatic rings. The van der Waals surface area contributed by atoms with Crippen LogP contribution < -0.4 is 5.32 Å². The predicted octanol–water partition coefficient (Wildman–Crippen LogP) is 5.87. The zero-order valence-corrected chi connectivity index (χ0v) is 17.4. The van der Waals surface area contributed by atoms with Crippen molar-refractivity contribution in [1.82, 2.24) is 0 Å². The number of benzene rings is 2. The number of halogens is 4. The van der Waals surface area contributed by atoms with E-state index in [1.807, 2.05) is 20.8 Å². The van der Waals surface area contributed by atoms with E-state index in [4.69, 9.17) is 16.3 Å². The van der Waals surface area contributed by atoms with Crippen molar-refractivity contribution < 1.29 is 27.5 Å². The molecule has 0 fully saturated rings. The zero-order chi connectivity index (χ0) is 22.3.